The Balaban J connectivity index is 1.70. The van der Waals surface area contributed by atoms with Crippen LogP contribution in [0.25, 0.3) is 10.8 Å². The first-order chi connectivity index (χ1) is 18.2. The third-order valence-corrected chi connectivity index (χ3v) is 7.72. The van der Waals surface area contributed by atoms with Crippen molar-refractivity contribution in [3.63, 3.8) is 0 Å². The molecule has 0 aliphatic carbocycles. The first-order valence-corrected chi connectivity index (χ1v) is 15.2. The van der Waals surface area contributed by atoms with Crippen LogP contribution >= 0.6 is 0 Å². The molecule has 1 aliphatic rings. The van der Waals surface area contributed by atoms with Gasteiger partial charge in [0.25, 0.3) is 0 Å². The molecule has 0 radical (unpaired) electrons. The zero-order chi connectivity index (χ0) is 28.6. The largest absolute Gasteiger partial charge is 0.474 e. The van der Waals surface area contributed by atoms with Crippen LogP contribution in [-0.2, 0) is 26.5 Å². The zero-order valence-corrected chi connectivity index (χ0v) is 24.2. The highest BCUT2D eigenvalue weighted by Gasteiger charge is 2.33. The molecule has 3 aromatic heterocycles. The van der Waals surface area contributed by atoms with E-state index >= 15 is 0 Å². The molecule has 0 aromatic carbocycles. The molecule has 0 bridgehead atoms. The Kier molecular flexibility index (Phi) is 7.86. The SMILES string of the molecule is CCC[C@@](C)(N)c1cnc(O[C@H](C)CCS(C)(=O)=O)c2cnc(Nc3ccc4c(n3)CC(C)(C)OC4=O)cc12. The minimum Gasteiger partial charge on any atom is -0.474 e. The zero-order valence-electron chi connectivity index (χ0n) is 23.4. The smallest absolute Gasteiger partial charge is 0.340 e. The van der Waals surface area contributed by atoms with Crippen LogP contribution < -0.4 is 15.8 Å². The van der Waals surface area contributed by atoms with E-state index in [1.165, 1.54) is 6.26 Å². The van der Waals surface area contributed by atoms with Gasteiger partial charge in [-0.3, -0.25) is 0 Å². The van der Waals surface area contributed by atoms with Gasteiger partial charge in [-0.2, -0.15) is 0 Å². The molecule has 0 saturated carbocycles. The molecule has 210 valence electrons. The Hall–Kier alpha value is -3.31. The molecular formula is C28H37N5O5S. The predicted molar refractivity (Wildman–Crippen MR) is 151 cm³/mol. The molecule has 2 atom stereocenters. The number of fused-ring (bicyclic) bond motifs is 2. The van der Waals surface area contributed by atoms with Crippen LogP contribution in [0.3, 0.4) is 0 Å². The van der Waals surface area contributed by atoms with Crippen LogP contribution in [0.5, 0.6) is 5.88 Å². The van der Waals surface area contributed by atoms with Crippen molar-refractivity contribution in [2.75, 3.05) is 17.3 Å². The lowest BCUT2D eigenvalue weighted by molar-refractivity contribution is -0.00714. The number of esters is 1. The molecule has 0 saturated heterocycles. The fourth-order valence-electron chi connectivity index (χ4n) is 4.78. The maximum Gasteiger partial charge on any atom is 0.340 e. The van der Waals surface area contributed by atoms with E-state index in [0.29, 0.717) is 47.0 Å². The van der Waals surface area contributed by atoms with Crippen LogP contribution in [-0.4, -0.2) is 53.1 Å². The number of hydrogen-bond donors (Lipinski definition) is 2. The fraction of sp³-hybridized carbons (Fsp3) is 0.500. The fourth-order valence-corrected chi connectivity index (χ4v) is 5.54. The third kappa shape index (κ3) is 6.83. The van der Waals surface area contributed by atoms with Crippen LogP contribution in [0.15, 0.2) is 30.6 Å². The Labute approximate surface area is 229 Å². The van der Waals surface area contributed by atoms with E-state index in [0.717, 1.165) is 23.8 Å². The lowest BCUT2D eigenvalue weighted by atomic mass is 9.87. The third-order valence-electron chi connectivity index (χ3n) is 6.74. The second kappa shape index (κ2) is 10.7. The van der Waals surface area contributed by atoms with Gasteiger partial charge in [-0.15, -0.1) is 0 Å². The lowest BCUT2D eigenvalue weighted by Gasteiger charge is -2.30. The number of nitrogens with one attached hydrogen (secondary N) is 1. The summed E-state index contributed by atoms with van der Waals surface area (Å²) in [5.74, 6) is 1.11. The monoisotopic (exact) mass is 555 g/mol. The average molecular weight is 556 g/mol. The summed E-state index contributed by atoms with van der Waals surface area (Å²) in [6.07, 6.45) is 6.73. The van der Waals surface area contributed by atoms with Gasteiger partial charge < -0.3 is 20.5 Å². The van der Waals surface area contributed by atoms with Gasteiger partial charge >= 0.3 is 5.97 Å². The number of carbonyl (C=O) groups is 1. The normalized spacial score (nSPS) is 17.2. The number of nitrogens with two attached hydrogens (primary N) is 1. The van der Waals surface area contributed by atoms with Gasteiger partial charge in [-0.05, 0) is 69.7 Å². The average Bonchev–Trinajstić information content (AvgIpc) is 2.81. The van der Waals surface area contributed by atoms with Crippen molar-refractivity contribution in [1.82, 2.24) is 15.0 Å². The number of anilines is 2. The second-order valence-corrected chi connectivity index (χ2v) is 13.5. The molecule has 4 rings (SSSR count). The van der Waals surface area contributed by atoms with Gasteiger partial charge in [0.2, 0.25) is 5.88 Å². The topological polar surface area (TPSA) is 146 Å². The number of pyridine rings is 3. The minimum atomic E-state index is -3.11. The van der Waals surface area contributed by atoms with E-state index in [1.54, 1.807) is 24.5 Å². The Morgan fingerprint density at radius 1 is 1.21 bits per heavy atom. The van der Waals surface area contributed by atoms with E-state index in [1.807, 2.05) is 33.8 Å². The molecule has 3 aromatic rings. The first-order valence-electron chi connectivity index (χ1n) is 13.1. The lowest BCUT2D eigenvalue weighted by Crippen LogP contribution is -2.36. The van der Waals surface area contributed by atoms with Crippen molar-refractivity contribution in [2.24, 2.45) is 5.73 Å². The van der Waals surface area contributed by atoms with Gasteiger partial charge in [-0.25, -0.2) is 28.2 Å². The van der Waals surface area contributed by atoms with Crippen molar-refractivity contribution in [1.29, 1.82) is 0 Å². The maximum absolute atomic E-state index is 12.3. The highest BCUT2D eigenvalue weighted by molar-refractivity contribution is 7.90. The number of sulfone groups is 1. The number of cyclic esters (lactones) is 1. The summed E-state index contributed by atoms with van der Waals surface area (Å²) < 4.78 is 34.7. The molecule has 11 heteroatoms. The van der Waals surface area contributed by atoms with Crippen molar-refractivity contribution in [2.45, 2.75) is 77.5 Å². The van der Waals surface area contributed by atoms with Crippen LogP contribution in [0.1, 0.15) is 75.5 Å². The number of nitrogens with zero attached hydrogens (tertiary/aromatic N) is 3. The highest BCUT2D eigenvalue weighted by Crippen LogP contribution is 2.35. The molecule has 39 heavy (non-hydrogen) atoms. The molecule has 4 heterocycles. The molecule has 0 unspecified atom stereocenters. The molecule has 1 aliphatic heterocycles. The number of aromatic nitrogens is 3. The first kappa shape index (κ1) is 28.7. The van der Waals surface area contributed by atoms with Gasteiger partial charge in [-0.1, -0.05) is 13.3 Å². The van der Waals surface area contributed by atoms with Crippen molar-refractivity contribution < 1.29 is 22.7 Å². The summed E-state index contributed by atoms with van der Waals surface area (Å²) in [7, 11) is -3.11. The molecule has 10 nitrogen and oxygen atoms in total. The second-order valence-electron chi connectivity index (χ2n) is 11.2. The van der Waals surface area contributed by atoms with Gasteiger partial charge in [0.1, 0.15) is 27.1 Å². The van der Waals surface area contributed by atoms with E-state index < -0.39 is 21.0 Å². The summed E-state index contributed by atoms with van der Waals surface area (Å²) in [6.45, 7) is 9.59. The summed E-state index contributed by atoms with van der Waals surface area (Å²) in [5.41, 5.74) is 7.45. The quantitative estimate of drug-likeness (QED) is 0.344. The molecule has 3 N–H and O–H groups in total. The molecule has 0 spiro atoms. The molecular weight excluding hydrogens is 518 g/mol. The predicted octanol–water partition coefficient (Wildman–Crippen LogP) is 4.44. The van der Waals surface area contributed by atoms with E-state index in [2.05, 4.69) is 27.2 Å². The van der Waals surface area contributed by atoms with Crippen molar-refractivity contribution in [3.05, 3.63) is 47.4 Å². The van der Waals surface area contributed by atoms with E-state index in [9.17, 15) is 13.2 Å². The standard InChI is InChI=1S/C28H37N5O5S/c1-7-11-28(5,29)21-16-31-25(37-17(2)10-12-39(6,35)36)20-15-30-24(13-19(20)21)33-23-9-8-18-22(32-23)14-27(3,4)38-26(18)34/h8-9,13,15-17H,7,10-12,14,29H2,1-6H3,(H,30,32,33)/t17-,28-/m1/s1. The summed E-state index contributed by atoms with van der Waals surface area (Å²) in [4.78, 5) is 26.2. The van der Waals surface area contributed by atoms with Gasteiger partial charge in [0, 0.05) is 30.6 Å². The van der Waals surface area contributed by atoms with E-state index in [4.69, 9.17) is 15.2 Å². The van der Waals surface area contributed by atoms with Gasteiger partial charge in [0.15, 0.2) is 0 Å². The van der Waals surface area contributed by atoms with E-state index in [-0.39, 0.29) is 17.8 Å². The summed E-state index contributed by atoms with van der Waals surface area (Å²) in [5, 5.41) is 4.76. The van der Waals surface area contributed by atoms with Gasteiger partial charge in [0.05, 0.1) is 28.5 Å². The molecule has 0 fully saturated rings. The minimum absolute atomic E-state index is 0.0244. The summed E-state index contributed by atoms with van der Waals surface area (Å²) in [6, 6.07) is 5.32. The number of rotatable bonds is 10. The van der Waals surface area contributed by atoms with Crippen molar-refractivity contribution >= 4 is 38.2 Å². The van der Waals surface area contributed by atoms with Crippen molar-refractivity contribution in [3.8, 4) is 5.88 Å². The Morgan fingerprint density at radius 2 is 1.95 bits per heavy atom. The number of carbonyl (C=O) groups excluding carboxylic acids is 1. The van der Waals surface area contributed by atoms with Crippen LogP contribution in [0.4, 0.5) is 11.6 Å². The Bertz CT molecular complexity index is 1500. The Morgan fingerprint density at radius 3 is 2.64 bits per heavy atom. The maximum atomic E-state index is 12.3. The van der Waals surface area contributed by atoms with Crippen LogP contribution in [0.2, 0.25) is 0 Å². The number of hydrogen-bond acceptors (Lipinski definition) is 10. The summed E-state index contributed by atoms with van der Waals surface area (Å²) >= 11 is 0. The highest BCUT2D eigenvalue weighted by atomic mass is 32.2. The van der Waals surface area contributed by atoms with Crippen LogP contribution in [0, 0.1) is 0 Å². The molecule has 0 amide bonds. The number of ether oxygens (including phenoxy) is 2.